The molecule has 0 saturated heterocycles. The molecule has 0 radical (unpaired) electrons. The summed E-state index contributed by atoms with van der Waals surface area (Å²) in [4.78, 5) is 0. The zero-order valence-corrected chi connectivity index (χ0v) is 11.5. The van der Waals surface area contributed by atoms with E-state index in [1.165, 1.54) is 0 Å². The maximum Gasteiger partial charge on any atom is 0.209 e. The van der Waals surface area contributed by atoms with Gasteiger partial charge in [0, 0.05) is 11.6 Å². The molecular weight excluding hydrogens is 252 g/mol. The molecule has 1 aromatic rings. The minimum atomic E-state index is -3.39. The predicted octanol–water partition coefficient (Wildman–Crippen LogP) is 1.03. The van der Waals surface area contributed by atoms with Crippen molar-refractivity contribution in [3.05, 3.63) is 29.3 Å². The summed E-state index contributed by atoms with van der Waals surface area (Å²) >= 11 is 0. The van der Waals surface area contributed by atoms with Crippen LogP contribution >= 0.6 is 0 Å². The molecule has 0 aliphatic heterocycles. The van der Waals surface area contributed by atoms with Gasteiger partial charge in [-0.3, -0.25) is 0 Å². The molecule has 6 heteroatoms. The molecule has 18 heavy (non-hydrogen) atoms. The Bertz CT molecular complexity index is 500. The Kier molecular flexibility index (Phi) is 5.13. The number of benzene rings is 1. The number of nitrogens with two attached hydrogens (primary N) is 1. The van der Waals surface area contributed by atoms with Gasteiger partial charge < -0.3 is 10.4 Å². The van der Waals surface area contributed by atoms with Crippen LogP contribution in [0.25, 0.3) is 0 Å². The Balaban J connectivity index is 2.50. The third-order valence-electron chi connectivity index (χ3n) is 2.71. The molecule has 0 aromatic heterocycles. The molecule has 1 unspecified atom stereocenters. The molecule has 0 aliphatic rings. The van der Waals surface area contributed by atoms with Crippen LogP contribution in [0, 0.1) is 6.92 Å². The van der Waals surface area contributed by atoms with E-state index in [2.05, 4.69) is 5.32 Å². The quantitative estimate of drug-likeness (QED) is 0.674. The van der Waals surface area contributed by atoms with Crippen LogP contribution in [-0.2, 0) is 10.0 Å². The Hall–Kier alpha value is -1.11. The molecule has 0 spiro atoms. The molecule has 0 bridgehead atoms. The Morgan fingerprint density at radius 2 is 2.11 bits per heavy atom. The monoisotopic (exact) mass is 272 g/mol. The van der Waals surface area contributed by atoms with Gasteiger partial charge in [0.25, 0.3) is 0 Å². The molecule has 5 nitrogen and oxygen atoms in total. The number of aryl methyl sites for hydroxylation is 1. The summed E-state index contributed by atoms with van der Waals surface area (Å²) in [5.74, 6) is 0.207. The van der Waals surface area contributed by atoms with Gasteiger partial charge in [0.2, 0.25) is 10.0 Å². The van der Waals surface area contributed by atoms with E-state index in [1.54, 1.807) is 6.07 Å². The van der Waals surface area contributed by atoms with Crippen LogP contribution in [0.4, 0.5) is 0 Å². The molecule has 4 N–H and O–H groups in total. The first kappa shape index (κ1) is 14.9. The van der Waals surface area contributed by atoms with Gasteiger partial charge in [-0.2, -0.15) is 0 Å². The highest BCUT2D eigenvalue weighted by atomic mass is 32.2. The van der Waals surface area contributed by atoms with E-state index in [9.17, 15) is 13.5 Å². The number of primary sulfonamides is 1. The van der Waals surface area contributed by atoms with Crippen LogP contribution in [0.1, 0.15) is 30.5 Å². The van der Waals surface area contributed by atoms with Crippen molar-refractivity contribution < 1.29 is 13.5 Å². The maximum absolute atomic E-state index is 10.8. The largest absolute Gasteiger partial charge is 0.508 e. The first-order chi connectivity index (χ1) is 8.29. The van der Waals surface area contributed by atoms with Gasteiger partial charge in [0.05, 0.1) is 5.75 Å². The van der Waals surface area contributed by atoms with E-state index < -0.39 is 10.0 Å². The molecule has 1 rings (SSSR count). The lowest BCUT2D eigenvalue weighted by atomic mass is 10.0. The highest BCUT2D eigenvalue weighted by Crippen LogP contribution is 2.24. The molecule has 0 saturated carbocycles. The smallest absolute Gasteiger partial charge is 0.209 e. The lowest BCUT2D eigenvalue weighted by Gasteiger charge is -2.16. The first-order valence-corrected chi connectivity index (χ1v) is 7.54. The van der Waals surface area contributed by atoms with Gasteiger partial charge >= 0.3 is 0 Å². The van der Waals surface area contributed by atoms with E-state index in [0.717, 1.165) is 11.1 Å². The van der Waals surface area contributed by atoms with Gasteiger partial charge in [-0.25, -0.2) is 13.6 Å². The van der Waals surface area contributed by atoms with E-state index in [-0.39, 0.29) is 17.5 Å². The number of hydrogen-bond acceptors (Lipinski definition) is 4. The second-order valence-corrected chi connectivity index (χ2v) is 6.19. The van der Waals surface area contributed by atoms with Gasteiger partial charge in [-0.05, 0) is 32.9 Å². The van der Waals surface area contributed by atoms with Gasteiger partial charge in [0.15, 0.2) is 0 Å². The summed E-state index contributed by atoms with van der Waals surface area (Å²) in [6, 6.07) is 5.37. The number of phenols is 1. The van der Waals surface area contributed by atoms with E-state index in [0.29, 0.717) is 13.0 Å². The Morgan fingerprint density at radius 1 is 1.44 bits per heavy atom. The molecule has 0 aliphatic carbocycles. The standard InChI is InChI=1S/C12H20N2O3S/c1-9-4-5-12(15)11(8-9)10(2)14-6-3-7-18(13,16)17/h4-5,8,10,14-15H,3,6-7H2,1-2H3,(H2,13,16,17). The zero-order chi connectivity index (χ0) is 13.8. The van der Waals surface area contributed by atoms with Crippen molar-refractivity contribution >= 4 is 10.0 Å². The lowest BCUT2D eigenvalue weighted by molar-refractivity contribution is 0.452. The highest BCUT2D eigenvalue weighted by molar-refractivity contribution is 7.89. The van der Waals surface area contributed by atoms with Gasteiger partial charge in [0.1, 0.15) is 5.75 Å². The van der Waals surface area contributed by atoms with Crippen LogP contribution in [0.2, 0.25) is 0 Å². The van der Waals surface area contributed by atoms with E-state index in [1.807, 2.05) is 26.0 Å². The topological polar surface area (TPSA) is 92.4 Å². The number of aromatic hydroxyl groups is 1. The zero-order valence-electron chi connectivity index (χ0n) is 10.7. The summed E-state index contributed by atoms with van der Waals surface area (Å²) in [6.45, 7) is 4.41. The molecule has 0 heterocycles. The van der Waals surface area contributed by atoms with Crippen molar-refractivity contribution in [2.75, 3.05) is 12.3 Å². The highest BCUT2D eigenvalue weighted by Gasteiger charge is 2.10. The fourth-order valence-electron chi connectivity index (χ4n) is 1.72. The number of nitrogens with one attached hydrogen (secondary N) is 1. The fraction of sp³-hybridized carbons (Fsp3) is 0.500. The molecule has 1 atom stereocenters. The minimum absolute atomic E-state index is 0.0352. The Labute approximate surface area is 108 Å². The first-order valence-electron chi connectivity index (χ1n) is 5.83. The molecule has 0 fully saturated rings. The summed E-state index contributed by atoms with van der Waals surface area (Å²) in [5.41, 5.74) is 1.88. The summed E-state index contributed by atoms with van der Waals surface area (Å²) in [7, 11) is -3.39. The molecule has 1 aromatic carbocycles. The Morgan fingerprint density at radius 3 is 2.72 bits per heavy atom. The van der Waals surface area contributed by atoms with Crippen molar-refractivity contribution in [3.63, 3.8) is 0 Å². The third kappa shape index (κ3) is 5.03. The minimum Gasteiger partial charge on any atom is -0.508 e. The average molecular weight is 272 g/mol. The third-order valence-corrected chi connectivity index (χ3v) is 3.56. The van der Waals surface area contributed by atoms with Crippen molar-refractivity contribution in [1.82, 2.24) is 5.32 Å². The van der Waals surface area contributed by atoms with E-state index >= 15 is 0 Å². The average Bonchev–Trinajstić information content (AvgIpc) is 2.26. The van der Waals surface area contributed by atoms with Crippen molar-refractivity contribution in [2.45, 2.75) is 26.3 Å². The molecule has 0 amide bonds. The van der Waals surface area contributed by atoms with Crippen molar-refractivity contribution in [2.24, 2.45) is 5.14 Å². The van der Waals surface area contributed by atoms with Crippen LogP contribution in [0.15, 0.2) is 18.2 Å². The van der Waals surface area contributed by atoms with Crippen LogP contribution in [-0.4, -0.2) is 25.8 Å². The van der Waals surface area contributed by atoms with Crippen LogP contribution < -0.4 is 10.5 Å². The maximum atomic E-state index is 10.8. The van der Waals surface area contributed by atoms with Crippen molar-refractivity contribution in [1.29, 1.82) is 0 Å². The molecule has 102 valence electrons. The lowest BCUT2D eigenvalue weighted by Crippen LogP contribution is -2.24. The van der Waals surface area contributed by atoms with Gasteiger partial charge in [-0.15, -0.1) is 0 Å². The van der Waals surface area contributed by atoms with Crippen LogP contribution in [0.3, 0.4) is 0 Å². The number of phenolic OH excluding ortho intramolecular Hbond substituents is 1. The van der Waals surface area contributed by atoms with Crippen LogP contribution in [0.5, 0.6) is 5.75 Å². The molecular formula is C12H20N2O3S. The predicted molar refractivity (Wildman–Crippen MR) is 71.9 cm³/mol. The number of rotatable bonds is 6. The summed E-state index contributed by atoms with van der Waals surface area (Å²) in [5, 5.41) is 17.8. The second kappa shape index (κ2) is 6.17. The number of hydrogen-bond donors (Lipinski definition) is 3. The second-order valence-electron chi connectivity index (χ2n) is 4.46. The fourth-order valence-corrected chi connectivity index (χ4v) is 2.27. The number of sulfonamides is 1. The van der Waals surface area contributed by atoms with Crippen molar-refractivity contribution in [3.8, 4) is 5.75 Å². The SMILES string of the molecule is Cc1ccc(O)c(C(C)NCCCS(N)(=O)=O)c1. The van der Waals surface area contributed by atoms with E-state index in [4.69, 9.17) is 5.14 Å². The normalized spacial score (nSPS) is 13.5. The van der Waals surface area contributed by atoms with Gasteiger partial charge in [-0.1, -0.05) is 17.7 Å². The summed E-state index contributed by atoms with van der Waals surface area (Å²) in [6.07, 6.45) is 0.454. The summed E-state index contributed by atoms with van der Waals surface area (Å²) < 4.78 is 21.5.